The number of benzene rings is 3. The van der Waals surface area contributed by atoms with Gasteiger partial charge in [0, 0.05) is 37.0 Å². The van der Waals surface area contributed by atoms with Crippen molar-refractivity contribution in [2.24, 2.45) is 0 Å². The molecule has 0 unspecified atom stereocenters. The molecule has 0 amide bonds. The van der Waals surface area contributed by atoms with Crippen LogP contribution in [0, 0.1) is 0 Å². The van der Waals surface area contributed by atoms with Gasteiger partial charge < -0.3 is 26.0 Å². The number of nitrogens with one attached hydrogen (secondary N) is 2. The first kappa shape index (κ1) is 19.5. The first-order valence-corrected chi connectivity index (χ1v) is 9.18. The van der Waals surface area contributed by atoms with Crippen LogP contribution in [0.3, 0.4) is 0 Å². The Balaban J connectivity index is 2.27. The minimum Gasteiger partial charge on any atom is -0.509 e. The van der Waals surface area contributed by atoms with Crippen molar-refractivity contribution in [3.8, 4) is 17.2 Å². The van der Waals surface area contributed by atoms with E-state index < -0.39 is 5.92 Å². The summed E-state index contributed by atoms with van der Waals surface area (Å²) in [5.74, 6) is -0.676. The van der Waals surface area contributed by atoms with Crippen molar-refractivity contribution in [1.29, 1.82) is 0 Å². The molecule has 3 aromatic rings. The Morgan fingerprint density at radius 1 is 0.643 bits per heavy atom. The number of phenolic OH excluding ortho intramolecular Hbond substituents is 3. The van der Waals surface area contributed by atoms with Crippen LogP contribution in [0.1, 0.15) is 22.6 Å². The van der Waals surface area contributed by atoms with Gasteiger partial charge in [0.15, 0.2) is 0 Å². The Hall–Kier alpha value is -3.21. The molecule has 0 saturated carbocycles. The molecule has 5 N–H and O–H groups in total. The smallest absolute Gasteiger partial charge is 0.149 e. The zero-order chi connectivity index (χ0) is 20.4. The molecule has 7 heteroatoms. The van der Waals surface area contributed by atoms with Gasteiger partial charge in [-0.15, -0.1) is 0 Å². The van der Waals surface area contributed by atoms with E-state index in [0.29, 0.717) is 16.5 Å². The van der Waals surface area contributed by atoms with Gasteiger partial charge in [0.25, 0.3) is 0 Å². The summed E-state index contributed by atoms with van der Waals surface area (Å²) in [5.41, 5.74) is 4.89. The van der Waals surface area contributed by atoms with E-state index in [9.17, 15) is 15.3 Å². The lowest BCUT2D eigenvalue weighted by Crippen LogP contribution is -2.20. The topological polar surface area (TPSA) is 84.8 Å². The monoisotopic (exact) mass is 374 g/mol. The van der Waals surface area contributed by atoms with Gasteiger partial charge in [-0.1, -0.05) is 24.3 Å². The van der Waals surface area contributed by atoms with E-state index in [4.69, 9.17) is 0 Å². The van der Waals surface area contributed by atoms with Crippen LogP contribution < -0.4 is 21.6 Å². The van der Waals surface area contributed by atoms with Gasteiger partial charge in [-0.3, -0.25) is 0 Å². The standard InChI is InChI=1S/C21H24B2N2O3/c1-24-13-7-3-11(4-8-13)15(12-5-9-14(25-2)10-6-12)16-19(26)17(22)21(28)18(23)20(16)27/h3-10,15,24-28H,22-23H2,1-2H3. The molecule has 0 aliphatic heterocycles. The second-order valence-corrected chi connectivity index (χ2v) is 6.89. The highest BCUT2D eigenvalue weighted by atomic mass is 16.3. The van der Waals surface area contributed by atoms with Crippen molar-refractivity contribution in [3.63, 3.8) is 0 Å². The van der Waals surface area contributed by atoms with Crippen LogP contribution in [0.25, 0.3) is 0 Å². The second-order valence-electron chi connectivity index (χ2n) is 6.89. The van der Waals surface area contributed by atoms with Gasteiger partial charge in [-0.2, -0.15) is 0 Å². The van der Waals surface area contributed by atoms with Crippen molar-refractivity contribution >= 4 is 38.0 Å². The van der Waals surface area contributed by atoms with E-state index in [2.05, 4.69) is 10.6 Å². The maximum absolute atomic E-state index is 10.8. The minimum absolute atomic E-state index is 0.0893. The van der Waals surface area contributed by atoms with Gasteiger partial charge in [-0.05, 0) is 46.3 Å². The number of hydrogen-bond donors (Lipinski definition) is 5. The van der Waals surface area contributed by atoms with Crippen molar-refractivity contribution in [2.45, 2.75) is 5.92 Å². The lowest BCUT2D eigenvalue weighted by atomic mass is 9.76. The predicted octanol–water partition coefficient (Wildman–Crippen LogP) is 0.584. The van der Waals surface area contributed by atoms with Crippen LogP contribution in [-0.2, 0) is 0 Å². The van der Waals surface area contributed by atoms with Crippen molar-refractivity contribution < 1.29 is 15.3 Å². The number of anilines is 2. The third kappa shape index (κ3) is 3.36. The quantitative estimate of drug-likeness (QED) is 0.334. The van der Waals surface area contributed by atoms with E-state index in [1.54, 1.807) is 15.7 Å². The number of rotatable bonds is 5. The maximum atomic E-state index is 10.8. The summed E-state index contributed by atoms with van der Waals surface area (Å²) in [6.45, 7) is 0. The van der Waals surface area contributed by atoms with Crippen LogP contribution in [-0.4, -0.2) is 45.1 Å². The summed E-state index contributed by atoms with van der Waals surface area (Å²) < 4.78 is 0. The minimum atomic E-state index is -0.394. The molecule has 142 valence electrons. The predicted molar refractivity (Wildman–Crippen MR) is 121 cm³/mol. The number of hydrogen-bond acceptors (Lipinski definition) is 5. The van der Waals surface area contributed by atoms with Crippen LogP contribution in [0.4, 0.5) is 11.4 Å². The molecule has 0 fully saturated rings. The van der Waals surface area contributed by atoms with E-state index >= 15 is 0 Å². The molecule has 0 heterocycles. The van der Waals surface area contributed by atoms with Crippen LogP contribution in [0.2, 0.25) is 0 Å². The molecular weight excluding hydrogens is 350 g/mol. The Bertz CT molecular complexity index is 914. The Labute approximate surface area is 166 Å². The van der Waals surface area contributed by atoms with E-state index in [1.807, 2.05) is 62.6 Å². The molecule has 0 spiro atoms. The van der Waals surface area contributed by atoms with Crippen molar-refractivity contribution in [3.05, 3.63) is 65.2 Å². The van der Waals surface area contributed by atoms with Gasteiger partial charge in [-0.25, -0.2) is 0 Å². The summed E-state index contributed by atoms with van der Waals surface area (Å²) in [5, 5.41) is 38.1. The molecule has 0 atom stereocenters. The average Bonchev–Trinajstić information content (AvgIpc) is 2.74. The lowest BCUT2D eigenvalue weighted by molar-refractivity contribution is 0.428. The molecule has 0 aliphatic carbocycles. The highest BCUT2D eigenvalue weighted by Crippen LogP contribution is 2.42. The van der Waals surface area contributed by atoms with Crippen LogP contribution in [0.5, 0.6) is 17.2 Å². The highest BCUT2D eigenvalue weighted by molar-refractivity contribution is 6.43. The SMILES string of the molecule is Bc1c(O)c(B)c(O)c(C(c2ccc(NC)cc2)c2ccc(NC)cc2)c1O. The fourth-order valence-electron chi connectivity index (χ4n) is 3.51. The third-order valence-corrected chi connectivity index (χ3v) is 5.29. The normalized spacial score (nSPS) is 10.8. The molecule has 5 nitrogen and oxygen atoms in total. The summed E-state index contributed by atoms with van der Waals surface area (Å²) in [6, 6.07) is 15.7. The van der Waals surface area contributed by atoms with Crippen LogP contribution >= 0.6 is 0 Å². The largest absolute Gasteiger partial charge is 0.509 e. The third-order valence-electron chi connectivity index (χ3n) is 5.29. The Morgan fingerprint density at radius 2 is 1.00 bits per heavy atom. The fourth-order valence-corrected chi connectivity index (χ4v) is 3.51. The van der Waals surface area contributed by atoms with Crippen molar-refractivity contribution in [1.82, 2.24) is 0 Å². The van der Waals surface area contributed by atoms with Gasteiger partial charge >= 0.3 is 0 Å². The zero-order valence-electron chi connectivity index (χ0n) is 16.5. The Morgan fingerprint density at radius 3 is 1.32 bits per heavy atom. The molecule has 3 rings (SSSR count). The zero-order valence-corrected chi connectivity index (χ0v) is 16.5. The second kappa shape index (κ2) is 7.80. The highest BCUT2D eigenvalue weighted by Gasteiger charge is 2.27. The average molecular weight is 374 g/mol. The molecule has 0 bridgehead atoms. The summed E-state index contributed by atoms with van der Waals surface area (Å²) >= 11 is 0. The molecule has 0 radical (unpaired) electrons. The lowest BCUT2D eigenvalue weighted by Gasteiger charge is -2.24. The van der Waals surface area contributed by atoms with Crippen LogP contribution in [0.15, 0.2) is 48.5 Å². The number of aromatic hydroxyl groups is 3. The first-order valence-electron chi connectivity index (χ1n) is 9.18. The fraction of sp³-hybridized carbons (Fsp3) is 0.143. The molecule has 3 aromatic carbocycles. The van der Waals surface area contributed by atoms with Gasteiger partial charge in [0.2, 0.25) is 0 Å². The summed E-state index contributed by atoms with van der Waals surface area (Å²) in [6.07, 6.45) is 0. The van der Waals surface area contributed by atoms with Crippen molar-refractivity contribution in [2.75, 3.05) is 24.7 Å². The molecule has 0 aliphatic rings. The Kier molecular flexibility index (Phi) is 5.45. The maximum Gasteiger partial charge on any atom is 0.149 e. The summed E-state index contributed by atoms with van der Waals surface area (Å²) in [4.78, 5) is 0. The van der Waals surface area contributed by atoms with E-state index in [1.165, 1.54) is 0 Å². The molecule has 0 saturated heterocycles. The number of phenols is 3. The van der Waals surface area contributed by atoms with E-state index in [0.717, 1.165) is 22.5 Å². The summed E-state index contributed by atoms with van der Waals surface area (Å²) in [7, 11) is 7.00. The molecule has 28 heavy (non-hydrogen) atoms. The van der Waals surface area contributed by atoms with E-state index in [-0.39, 0.29) is 17.2 Å². The molecular formula is C21H24B2N2O3. The first-order chi connectivity index (χ1) is 13.4. The van der Waals surface area contributed by atoms with Gasteiger partial charge in [0.1, 0.15) is 32.9 Å². The van der Waals surface area contributed by atoms with Gasteiger partial charge in [0.05, 0.1) is 0 Å². The molecule has 0 aromatic heterocycles.